The van der Waals surface area contributed by atoms with Crippen LogP contribution < -0.4 is 53.2 Å². The summed E-state index contributed by atoms with van der Waals surface area (Å²) in [6, 6.07) is 39.2. The van der Waals surface area contributed by atoms with Gasteiger partial charge in [0.25, 0.3) is 0 Å². The normalized spacial score (nSPS) is 16.1. The number of aliphatic hydroxyl groups excluding tert-OH is 1. The Balaban J connectivity index is 0.000000269. The molecule has 2 fully saturated rings. The topological polar surface area (TPSA) is 381 Å². The molecule has 10 rings (SSSR count). The van der Waals surface area contributed by atoms with E-state index in [1.807, 2.05) is 79.7 Å². The number of ether oxygens (including phenoxy) is 2. The van der Waals surface area contributed by atoms with Gasteiger partial charge in [-0.25, -0.2) is 9.59 Å². The molecule has 6 aromatic carbocycles. The first kappa shape index (κ1) is 91.2. The van der Waals surface area contributed by atoms with E-state index in [0.29, 0.717) is 31.1 Å². The number of benzene rings is 6. The summed E-state index contributed by atoms with van der Waals surface area (Å²) in [4.78, 5) is 149. The molecule has 28 heteroatoms. The van der Waals surface area contributed by atoms with Crippen molar-refractivity contribution in [3.8, 4) is 0 Å². The van der Waals surface area contributed by atoms with Gasteiger partial charge in [-0.3, -0.25) is 9.59 Å². The van der Waals surface area contributed by atoms with Gasteiger partial charge in [-0.2, -0.15) is 0 Å². The van der Waals surface area contributed by atoms with Crippen LogP contribution in [0.5, 0.6) is 0 Å². The number of nitrogens with one attached hydrogen (secondary N) is 10. The van der Waals surface area contributed by atoms with Crippen LogP contribution in [-0.4, -0.2) is 153 Å². The average Bonchev–Trinajstić information content (AvgIpc) is 0.816. The second-order valence-electron chi connectivity index (χ2n) is 30.9. The Morgan fingerprint density at radius 1 is 0.415 bits per heavy atom. The van der Waals surface area contributed by atoms with Crippen molar-refractivity contribution in [1.82, 2.24) is 53.2 Å². The molecule has 3 unspecified atom stereocenters. The maximum atomic E-state index is 14.3. The molecule has 2 saturated carbocycles. The van der Waals surface area contributed by atoms with Crippen LogP contribution in [0.2, 0.25) is 0 Å². The standard InChI is InChI=1S/C45H58BN5O8.C45H56BN5O8/c2*1-2-15-36(41(53)44(56)47-27-38(52)51-40(33-21-10-5-11-22-33)45(57)59-28-30-16-6-3-7-17-30)49-42(54)37(26-34-24-14-23-31-18-12-13-25-35(31)34)50-43(55)39(48-29-46-58)32-19-8-4-9-20-32/h3,5-7,10-11,14,16-17,21-24,32,36-37,39-41,48,53H,2,4,8-9,12-13,15,18-20,25-29H2,1H3,(H,47,56)(H,49,54)(H,50,55)(H,51,52);3,5-7,10-11,14,16-17,21-24,32,36-37,39-40,48H,2,4,8-9,12-13,15,18-20,25-29H2,1H3,(H,47,56)(H,49,54)(H,50,55)(H,51,52)/t36?,37-,39-,40-,41?;36?,37-,39-,40-/m00/s1. The number of hydrogen-bond donors (Lipinski definition) is 11. The number of esters is 2. The molecule has 9 atom stereocenters. The first-order valence-corrected chi connectivity index (χ1v) is 42.0. The first-order chi connectivity index (χ1) is 57.4. The molecule has 26 nitrogen and oxygen atoms in total. The zero-order valence-corrected chi connectivity index (χ0v) is 67.8. The predicted octanol–water partition coefficient (Wildman–Crippen LogP) is 7.21. The van der Waals surface area contributed by atoms with E-state index in [-0.39, 0.29) is 69.5 Å². The van der Waals surface area contributed by atoms with Crippen molar-refractivity contribution >= 4 is 79.3 Å². The van der Waals surface area contributed by atoms with Crippen LogP contribution in [0.3, 0.4) is 0 Å². The van der Waals surface area contributed by atoms with Gasteiger partial charge in [0.15, 0.2) is 12.1 Å². The van der Waals surface area contributed by atoms with E-state index in [2.05, 4.69) is 65.3 Å². The molecule has 11 N–H and O–H groups in total. The summed E-state index contributed by atoms with van der Waals surface area (Å²) in [5.41, 5.74) is 9.15. The van der Waals surface area contributed by atoms with Crippen LogP contribution in [0, 0.1) is 11.8 Å². The van der Waals surface area contributed by atoms with Crippen molar-refractivity contribution in [3.05, 3.63) is 213 Å². The summed E-state index contributed by atoms with van der Waals surface area (Å²) in [6.07, 6.45) is 17.0. The molecule has 0 aliphatic heterocycles. The molecule has 4 aliphatic carbocycles. The van der Waals surface area contributed by atoms with Crippen molar-refractivity contribution in [2.24, 2.45) is 11.8 Å². The van der Waals surface area contributed by atoms with E-state index < -0.39 is 127 Å². The van der Waals surface area contributed by atoms with Crippen molar-refractivity contribution in [2.45, 2.75) is 236 Å². The van der Waals surface area contributed by atoms with Crippen molar-refractivity contribution in [2.75, 3.05) is 26.0 Å². The Bertz CT molecular complexity index is 4310. The van der Waals surface area contributed by atoms with Crippen LogP contribution >= 0.6 is 0 Å². The third kappa shape index (κ3) is 28.3. The SMILES string of the molecule is CCCC(NC(=O)[C@H](Cc1cccc2c1CCCC2)NC(=O)[C@@H](NCB=O)C1CCCCC1)C(=O)C(=O)NCC(=O)N[C@H](C(=O)OCc1ccccc1)c1ccccc1.CCCC(NC(=O)[C@H](Cc1cccc2c1CCCC2)NC(=O)[C@@H](NCB=O)C1CCCCC1)C(O)C(=O)NCC(=O)N[C@H](C(=O)OCc1ccccc1)c1ccccc1. The average molecular weight is 1610 g/mol. The fourth-order valence-corrected chi connectivity index (χ4v) is 16.2. The fourth-order valence-electron chi connectivity index (χ4n) is 16.2. The van der Waals surface area contributed by atoms with Gasteiger partial charge in [-0.1, -0.05) is 121 Å². The second-order valence-corrected chi connectivity index (χ2v) is 30.9. The van der Waals surface area contributed by atoms with Gasteiger partial charge in [0, 0.05) is 0 Å². The van der Waals surface area contributed by atoms with Crippen LogP contribution in [-0.2, 0) is 123 Å². The number of carbonyl (C=O) groups is 11. The molecule has 0 aromatic heterocycles. The van der Waals surface area contributed by atoms with E-state index in [4.69, 9.17) is 9.47 Å². The van der Waals surface area contributed by atoms with Crippen molar-refractivity contribution < 1.29 is 76.7 Å². The smallest absolute Gasteiger partial charge is 0.459 e. The maximum absolute atomic E-state index is 14.3. The number of fused-ring (bicyclic) bond motifs is 2. The Morgan fingerprint density at radius 2 is 0.814 bits per heavy atom. The zero-order chi connectivity index (χ0) is 84.0. The van der Waals surface area contributed by atoms with Crippen LogP contribution in [0.4, 0.5) is 0 Å². The molecule has 118 heavy (non-hydrogen) atoms. The van der Waals surface area contributed by atoms with Crippen molar-refractivity contribution in [1.29, 1.82) is 0 Å². The number of rotatable bonds is 42. The number of aliphatic hydroxyl groups is 1. The minimum absolute atomic E-state index is 0.000794. The molecule has 0 saturated heterocycles. The molecule has 0 heterocycles. The van der Waals surface area contributed by atoms with Gasteiger partial charge < -0.3 is 20.1 Å². The van der Waals surface area contributed by atoms with Gasteiger partial charge in [-0.15, -0.1) is 0 Å². The van der Waals surface area contributed by atoms with E-state index in [9.17, 15) is 67.3 Å². The summed E-state index contributed by atoms with van der Waals surface area (Å²) >= 11 is 0. The monoisotopic (exact) mass is 1610 g/mol. The van der Waals surface area contributed by atoms with Crippen molar-refractivity contribution in [3.63, 3.8) is 0 Å². The van der Waals surface area contributed by atoms with Gasteiger partial charge in [0.1, 0.15) is 13.2 Å². The van der Waals surface area contributed by atoms with Gasteiger partial charge in [0.2, 0.25) is 11.8 Å². The molecular formula is C90H114B2N10O16. The zero-order valence-electron chi connectivity index (χ0n) is 67.8. The fraction of sp³-hybridized carbons (Fsp3) is 0.478. The third-order valence-corrected chi connectivity index (χ3v) is 22.4. The first-order valence-electron chi connectivity index (χ1n) is 42.0. The number of aryl methyl sites for hydroxylation is 2. The molecule has 4 aliphatic rings. The molecule has 626 valence electrons. The minimum Gasteiger partial charge on any atom is -0.459 e. The quantitative estimate of drug-likeness (QED) is 0.0102. The van der Waals surface area contributed by atoms with E-state index in [1.54, 1.807) is 79.7 Å². The Morgan fingerprint density at radius 3 is 1.24 bits per heavy atom. The van der Waals surface area contributed by atoms with E-state index in [0.717, 1.165) is 151 Å². The number of ketones is 1. The molecule has 8 amide bonds. The van der Waals surface area contributed by atoms with Crippen LogP contribution in [0.25, 0.3) is 0 Å². The summed E-state index contributed by atoms with van der Waals surface area (Å²) < 4.78 is 33.7. The molecule has 0 radical (unpaired) electrons. The third-order valence-electron chi connectivity index (χ3n) is 22.4. The van der Waals surface area contributed by atoms with Crippen LogP contribution in [0.1, 0.15) is 197 Å². The molecular weight excluding hydrogens is 1500 g/mol. The molecule has 6 aromatic rings. The Labute approximate surface area is 692 Å². The summed E-state index contributed by atoms with van der Waals surface area (Å²) in [5.74, 6) is -7.72. The number of hydrogen-bond acceptors (Lipinski definition) is 18. The number of Topliss-reactive ketones (excluding diaryl/α,β-unsaturated/α-hetero) is 1. The minimum atomic E-state index is -1.74. The van der Waals surface area contributed by atoms with Gasteiger partial charge in [0.05, 0.1) is 13.1 Å². The molecule has 0 bridgehead atoms. The molecule has 0 spiro atoms. The Hall–Kier alpha value is -10.7. The summed E-state index contributed by atoms with van der Waals surface area (Å²) in [5, 5.41) is 39.0. The Kier molecular flexibility index (Phi) is 37.8. The van der Waals surface area contributed by atoms with Crippen LogP contribution in [0.15, 0.2) is 158 Å². The number of amides is 8. The van der Waals surface area contributed by atoms with Gasteiger partial charge in [-0.05, 0) is 22.3 Å². The van der Waals surface area contributed by atoms with E-state index >= 15 is 0 Å². The summed E-state index contributed by atoms with van der Waals surface area (Å²) in [7, 11) is 1.43. The summed E-state index contributed by atoms with van der Waals surface area (Å²) in [6.45, 7) is 2.46. The van der Waals surface area contributed by atoms with E-state index in [1.165, 1.54) is 16.7 Å². The number of carbonyl (C=O) groups excluding carboxylic acids is 11. The second kappa shape index (κ2) is 48.9. The van der Waals surface area contributed by atoms with Gasteiger partial charge >= 0.3 is 463 Å². The predicted molar refractivity (Wildman–Crippen MR) is 445 cm³/mol.